The smallest absolute Gasteiger partial charge is 0.142 e. The highest BCUT2D eigenvalue weighted by Crippen LogP contribution is 2.43. The van der Waals surface area contributed by atoms with Gasteiger partial charge in [0.2, 0.25) is 0 Å². The van der Waals surface area contributed by atoms with Gasteiger partial charge in [0.05, 0.1) is 49.9 Å². The third-order valence-electron chi connectivity index (χ3n) is 8.64. The molecule has 1 unspecified atom stereocenters. The number of aliphatic hydroxyl groups excluding tert-OH is 1. The molecule has 0 bridgehead atoms. The summed E-state index contributed by atoms with van der Waals surface area (Å²) >= 11 is 0. The maximum atomic E-state index is 10.2. The number of nitrogens with zero attached hydrogens (tertiary/aromatic N) is 1. The molecule has 1 aliphatic carbocycles. The van der Waals surface area contributed by atoms with Gasteiger partial charge in [-0.25, -0.2) is 0 Å². The Morgan fingerprint density at radius 2 is 1.83 bits per heavy atom. The predicted molar refractivity (Wildman–Crippen MR) is 160 cm³/mol. The molecule has 3 aliphatic rings. The Labute approximate surface area is 245 Å². The van der Waals surface area contributed by atoms with Crippen LogP contribution in [0.15, 0.2) is 42.5 Å². The Balaban J connectivity index is 1.31. The van der Waals surface area contributed by atoms with Crippen molar-refractivity contribution >= 4 is 5.69 Å². The summed E-state index contributed by atoms with van der Waals surface area (Å²) in [7, 11) is 3.55. The molecule has 226 valence electrons. The first kappa shape index (κ1) is 30.3. The van der Waals surface area contributed by atoms with Crippen molar-refractivity contribution in [2.24, 2.45) is 5.92 Å². The van der Waals surface area contributed by atoms with Crippen molar-refractivity contribution in [2.45, 2.75) is 69.5 Å². The van der Waals surface area contributed by atoms with Crippen molar-refractivity contribution in [3.63, 3.8) is 0 Å². The van der Waals surface area contributed by atoms with Crippen molar-refractivity contribution in [3.05, 3.63) is 59.2 Å². The summed E-state index contributed by atoms with van der Waals surface area (Å²) in [6.45, 7) is 7.51. The number of hydrogen-bond donors (Lipinski definition) is 2. The average molecular weight is 569 g/mol. The molecule has 2 heterocycles. The Kier molecular flexibility index (Phi) is 10.9. The molecule has 2 aromatic rings. The molecule has 0 aromatic heterocycles. The molecule has 8 nitrogen and oxygen atoms in total. The van der Waals surface area contributed by atoms with E-state index in [2.05, 4.69) is 52.7 Å². The second kappa shape index (κ2) is 14.8. The fourth-order valence-corrected chi connectivity index (χ4v) is 6.12. The number of benzene rings is 2. The molecule has 2 N–H and O–H groups in total. The molecule has 0 spiro atoms. The van der Waals surface area contributed by atoms with Crippen LogP contribution in [0.5, 0.6) is 5.75 Å². The van der Waals surface area contributed by atoms with E-state index in [1.54, 1.807) is 7.11 Å². The van der Waals surface area contributed by atoms with E-state index in [0.29, 0.717) is 32.2 Å². The number of nitrogens with one attached hydrogen (secondary N) is 1. The predicted octanol–water partition coefficient (Wildman–Crippen LogP) is 4.45. The second-order valence-electron chi connectivity index (χ2n) is 11.6. The van der Waals surface area contributed by atoms with E-state index in [9.17, 15) is 5.11 Å². The highest BCUT2D eigenvalue weighted by atomic mass is 16.5. The average Bonchev–Trinajstić information content (AvgIpc) is 3.85. The van der Waals surface area contributed by atoms with Crippen LogP contribution in [-0.4, -0.2) is 83.6 Å². The lowest BCUT2D eigenvalue weighted by atomic mass is 9.84. The van der Waals surface area contributed by atoms with Gasteiger partial charge in [-0.15, -0.1) is 0 Å². The Bertz CT molecular complexity index is 1080. The van der Waals surface area contributed by atoms with Crippen LogP contribution in [0.4, 0.5) is 5.69 Å². The van der Waals surface area contributed by atoms with Crippen LogP contribution in [-0.2, 0) is 25.6 Å². The number of aliphatic hydroxyl groups is 1. The summed E-state index contributed by atoms with van der Waals surface area (Å²) in [6, 6.07) is 15.2. The van der Waals surface area contributed by atoms with Crippen molar-refractivity contribution in [2.75, 3.05) is 65.1 Å². The SMILES string of the molecule is CCC(O)CO[C@@H]1CNC[C@H](OCc2ccc3c(c2)N(CCCOC)CCO3)[C@H]1c1ccc([C@H](OC)C2CC2)cc1. The molecular weight excluding hydrogens is 520 g/mol. The zero-order chi connectivity index (χ0) is 28.6. The summed E-state index contributed by atoms with van der Waals surface area (Å²) in [5, 5.41) is 13.7. The molecule has 41 heavy (non-hydrogen) atoms. The summed E-state index contributed by atoms with van der Waals surface area (Å²) in [5.74, 6) is 1.60. The maximum absolute atomic E-state index is 10.2. The van der Waals surface area contributed by atoms with Gasteiger partial charge in [-0.1, -0.05) is 37.3 Å². The van der Waals surface area contributed by atoms with Crippen molar-refractivity contribution in [3.8, 4) is 5.75 Å². The summed E-state index contributed by atoms with van der Waals surface area (Å²) < 4.78 is 30.0. The van der Waals surface area contributed by atoms with Crippen LogP contribution < -0.4 is 15.0 Å². The first-order chi connectivity index (χ1) is 20.1. The Morgan fingerprint density at radius 1 is 1.05 bits per heavy atom. The van der Waals surface area contributed by atoms with Gasteiger partial charge >= 0.3 is 0 Å². The number of fused-ring (bicyclic) bond motifs is 1. The number of ether oxygens (including phenoxy) is 5. The van der Waals surface area contributed by atoms with E-state index < -0.39 is 6.10 Å². The quantitative estimate of drug-likeness (QED) is 0.305. The van der Waals surface area contributed by atoms with Crippen LogP contribution in [0, 0.1) is 5.92 Å². The van der Waals surface area contributed by atoms with Gasteiger partial charge in [0, 0.05) is 46.4 Å². The number of rotatable bonds is 15. The van der Waals surface area contributed by atoms with Crippen LogP contribution in [0.25, 0.3) is 0 Å². The molecule has 8 heteroatoms. The first-order valence-electron chi connectivity index (χ1n) is 15.4. The zero-order valence-electron chi connectivity index (χ0n) is 24.9. The molecule has 2 aliphatic heterocycles. The highest BCUT2D eigenvalue weighted by molar-refractivity contribution is 5.61. The largest absolute Gasteiger partial charge is 0.490 e. The molecule has 1 saturated heterocycles. The fraction of sp³-hybridized carbons (Fsp3) is 0.636. The molecule has 0 amide bonds. The van der Waals surface area contributed by atoms with Gasteiger partial charge in [0.25, 0.3) is 0 Å². The van der Waals surface area contributed by atoms with E-state index in [1.807, 2.05) is 14.0 Å². The lowest BCUT2D eigenvalue weighted by Crippen LogP contribution is -2.51. The van der Waals surface area contributed by atoms with E-state index in [4.69, 9.17) is 23.7 Å². The first-order valence-corrected chi connectivity index (χ1v) is 15.4. The molecule has 1 saturated carbocycles. The van der Waals surface area contributed by atoms with Crippen molar-refractivity contribution < 1.29 is 28.8 Å². The van der Waals surface area contributed by atoms with Crippen LogP contribution in [0.2, 0.25) is 0 Å². The van der Waals surface area contributed by atoms with Crippen LogP contribution in [0.1, 0.15) is 61.3 Å². The van der Waals surface area contributed by atoms with Crippen LogP contribution in [0.3, 0.4) is 0 Å². The zero-order valence-corrected chi connectivity index (χ0v) is 24.9. The minimum atomic E-state index is -0.468. The summed E-state index contributed by atoms with van der Waals surface area (Å²) in [4.78, 5) is 2.38. The van der Waals surface area contributed by atoms with E-state index in [-0.39, 0.29) is 24.2 Å². The fourth-order valence-electron chi connectivity index (χ4n) is 6.12. The minimum Gasteiger partial charge on any atom is -0.490 e. The maximum Gasteiger partial charge on any atom is 0.142 e. The number of hydrogen-bond acceptors (Lipinski definition) is 8. The molecule has 5 rings (SSSR count). The standard InChI is InChI=1S/C33H48N2O6/c1-4-27(36)22-41-31-20-34-19-30(32(31)24-7-9-25(10-8-24)33(38-3)26-11-12-26)40-21-23-6-13-29-28(18-23)35(15-17-39-29)14-5-16-37-2/h6-10,13,18,26-27,30-34,36H,4-5,11-12,14-17,19-22H2,1-3H3/t27?,30-,31+,32+,33-/m0/s1. The third-order valence-corrected chi connectivity index (χ3v) is 8.64. The normalized spacial score (nSPS) is 24.0. The molecule has 5 atom stereocenters. The van der Waals surface area contributed by atoms with Crippen LogP contribution >= 0.6 is 0 Å². The van der Waals surface area contributed by atoms with E-state index in [0.717, 1.165) is 56.2 Å². The molecule has 2 aromatic carbocycles. The van der Waals surface area contributed by atoms with E-state index >= 15 is 0 Å². The van der Waals surface area contributed by atoms with Crippen molar-refractivity contribution in [1.82, 2.24) is 5.32 Å². The lowest BCUT2D eigenvalue weighted by Gasteiger charge is -2.39. The van der Waals surface area contributed by atoms with Gasteiger partial charge in [-0.05, 0) is 60.4 Å². The van der Waals surface area contributed by atoms with Gasteiger partial charge in [-0.2, -0.15) is 0 Å². The number of piperidine rings is 1. The summed E-state index contributed by atoms with van der Waals surface area (Å²) in [6.07, 6.45) is 3.64. The van der Waals surface area contributed by atoms with Gasteiger partial charge in [0.1, 0.15) is 12.4 Å². The second-order valence-corrected chi connectivity index (χ2v) is 11.6. The highest BCUT2D eigenvalue weighted by Gasteiger charge is 2.37. The van der Waals surface area contributed by atoms with Gasteiger partial charge in [0.15, 0.2) is 0 Å². The number of anilines is 1. The summed E-state index contributed by atoms with van der Waals surface area (Å²) in [5.41, 5.74) is 4.68. The van der Waals surface area contributed by atoms with Crippen molar-refractivity contribution in [1.29, 1.82) is 0 Å². The monoisotopic (exact) mass is 568 g/mol. The lowest BCUT2D eigenvalue weighted by molar-refractivity contribution is -0.0777. The number of methoxy groups -OCH3 is 2. The third kappa shape index (κ3) is 7.80. The van der Waals surface area contributed by atoms with E-state index in [1.165, 1.54) is 24.0 Å². The van der Waals surface area contributed by atoms with Gasteiger partial charge < -0.3 is 39.0 Å². The van der Waals surface area contributed by atoms with Gasteiger partial charge in [-0.3, -0.25) is 0 Å². The molecule has 0 radical (unpaired) electrons. The Hall–Kier alpha value is -2.20. The topological polar surface area (TPSA) is 81.7 Å². The molecule has 2 fully saturated rings. The minimum absolute atomic E-state index is 0.0442. The molecular formula is C33H48N2O6. The Morgan fingerprint density at radius 3 is 2.54 bits per heavy atom.